The monoisotopic (exact) mass is 395 g/mol. The van der Waals surface area contributed by atoms with Crippen LogP contribution in [-0.2, 0) is 9.59 Å². The van der Waals surface area contributed by atoms with Crippen molar-refractivity contribution >= 4 is 29.7 Å². The molecule has 146 valence electrons. The standard InChI is InChI=1S/C23H25NO3S/c1-17-8-5-6-9-18(17)14-20(16-28-21-11-3-2-4-12-21)22(25)24-13-7-10-19(15-24)23(26)27/h2-6,8-9,11-12,14,19H,7,10,13,15-16H2,1H3,(H,26,27)/b20-14+/t19-/m0/s1. The van der Waals surface area contributed by atoms with Crippen LogP contribution in [0.2, 0.25) is 0 Å². The van der Waals surface area contributed by atoms with E-state index in [9.17, 15) is 14.7 Å². The lowest BCUT2D eigenvalue weighted by Crippen LogP contribution is -2.43. The molecule has 0 spiro atoms. The Morgan fingerprint density at radius 2 is 1.86 bits per heavy atom. The van der Waals surface area contributed by atoms with E-state index in [1.54, 1.807) is 16.7 Å². The molecule has 0 unspecified atom stereocenters. The summed E-state index contributed by atoms with van der Waals surface area (Å²) in [6.07, 6.45) is 3.32. The summed E-state index contributed by atoms with van der Waals surface area (Å²) in [4.78, 5) is 27.4. The van der Waals surface area contributed by atoms with Crippen molar-refractivity contribution in [3.63, 3.8) is 0 Å². The van der Waals surface area contributed by atoms with E-state index in [0.717, 1.165) is 22.4 Å². The Hall–Kier alpha value is -2.53. The first-order valence-electron chi connectivity index (χ1n) is 9.50. The number of rotatable bonds is 6. The molecule has 1 fully saturated rings. The van der Waals surface area contributed by atoms with Crippen molar-refractivity contribution in [3.05, 3.63) is 71.3 Å². The van der Waals surface area contributed by atoms with Crippen molar-refractivity contribution in [1.29, 1.82) is 0 Å². The molecule has 0 bridgehead atoms. The molecule has 1 aliphatic heterocycles. The minimum absolute atomic E-state index is 0.0577. The zero-order valence-electron chi connectivity index (χ0n) is 16.0. The third-order valence-electron chi connectivity index (χ3n) is 4.99. The maximum absolute atomic E-state index is 13.3. The van der Waals surface area contributed by atoms with Crippen LogP contribution >= 0.6 is 11.8 Å². The van der Waals surface area contributed by atoms with Gasteiger partial charge in [0.25, 0.3) is 5.91 Å². The van der Waals surface area contributed by atoms with Crippen LogP contribution in [0.4, 0.5) is 0 Å². The Bertz CT molecular complexity index is 863. The number of benzene rings is 2. The number of thioether (sulfide) groups is 1. The number of carbonyl (C=O) groups is 2. The molecule has 3 rings (SSSR count). The molecule has 1 amide bonds. The van der Waals surface area contributed by atoms with Crippen LogP contribution in [0.15, 0.2) is 65.1 Å². The lowest BCUT2D eigenvalue weighted by atomic mass is 9.97. The highest BCUT2D eigenvalue weighted by atomic mass is 32.2. The summed E-state index contributed by atoms with van der Waals surface area (Å²) in [6.45, 7) is 2.93. The van der Waals surface area contributed by atoms with Crippen LogP contribution in [0.1, 0.15) is 24.0 Å². The van der Waals surface area contributed by atoms with Gasteiger partial charge in [-0.1, -0.05) is 42.5 Å². The molecular formula is C23H25NO3S. The van der Waals surface area contributed by atoms with Gasteiger partial charge >= 0.3 is 5.97 Å². The number of amides is 1. The number of likely N-dealkylation sites (tertiary alicyclic amines) is 1. The molecule has 2 aromatic rings. The van der Waals surface area contributed by atoms with E-state index in [1.165, 1.54) is 0 Å². The van der Waals surface area contributed by atoms with E-state index in [-0.39, 0.29) is 12.5 Å². The summed E-state index contributed by atoms with van der Waals surface area (Å²) in [5.41, 5.74) is 2.83. The molecule has 0 saturated carbocycles. The SMILES string of the molecule is Cc1ccccc1/C=C(\CSc1ccccc1)C(=O)N1CCC[C@H](C(=O)O)C1. The number of carboxylic acids is 1. The predicted octanol–water partition coefficient (Wildman–Crippen LogP) is 4.49. The minimum Gasteiger partial charge on any atom is -0.481 e. The van der Waals surface area contributed by atoms with Gasteiger partial charge < -0.3 is 10.0 Å². The maximum Gasteiger partial charge on any atom is 0.308 e. The Kier molecular flexibility index (Phi) is 6.93. The fourth-order valence-corrected chi connectivity index (χ4v) is 4.22. The van der Waals surface area contributed by atoms with Gasteiger partial charge in [0, 0.05) is 29.3 Å². The number of carboxylic acid groups (broad SMARTS) is 1. The van der Waals surface area contributed by atoms with E-state index >= 15 is 0 Å². The Labute approximate surface area is 170 Å². The number of aryl methyl sites for hydroxylation is 1. The Morgan fingerprint density at radius 3 is 2.57 bits per heavy atom. The van der Waals surface area contributed by atoms with Crippen LogP contribution in [-0.4, -0.2) is 40.7 Å². The fourth-order valence-electron chi connectivity index (χ4n) is 3.35. The Morgan fingerprint density at radius 1 is 1.14 bits per heavy atom. The highest BCUT2D eigenvalue weighted by Gasteiger charge is 2.29. The summed E-state index contributed by atoms with van der Waals surface area (Å²) in [5.74, 6) is -0.803. The first-order valence-corrected chi connectivity index (χ1v) is 10.5. The Balaban J connectivity index is 1.83. The van der Waals surface area contributed by atoms with Crippen LogP contribution in [0, 0.1) is 12.8 Å². The van der Waals surface area contributed by atoms with Gasteiger partial charge in [-0.3, -0.25) is 9.59 Å². The molecule has 28 heavy (non-hydrogen) atoms. The van der Waals surface area contributed by atoms with Crippen LogP contribution < -0.4 is 0 Å². The van der Waals surface area contributed by atoms with Gasteiger partial charge in [-0.15, -0.1) is 11.8 Å². The maximum atomic E-state index is 13.3. The highest BCUT2D eigenvalue weighted by Crippen LogP contribution is 2.25. The summed E-state index contributed by atoms with van der Waals surface area (Å²) >= 11 is 1.62. The molecule has 1 heterocycles. The summed E-state index contributed by atoms with van der Waals surface area (Å²) in [5, 5.41) is 9.34. The first kappa shape index (κ1) is 20.2. The van der Waals surface area contributed by atoms with Crippen molar-refractivity contribution in [2.75, 3.05) is 18.8 Å². The topological polar surface area (TPSA) is 57.6 Å². The molecule has 5 heteroatoms. The van der Waals surface area contributed by atoms with E-state index in [1.807, 2.05) is 67.6 Å². The summed E-state index contributed by atoms with van der Waals surface area (Å²) in [7, 11) is 0. The van der Waals surface area contributed by atoms with E-state index in [0.29, 0.717) is 24.3 Å². The number of hydrogen-bond acceptors (Lipinski definition) is 3. The van der Waals surface area contributed by atoms with E-state index in [4.69, 9.17) is 0 Å². The lowest BCUT2D eigenvalue weighted by Gasteiger charge is -2.31. The third kappa shape index (κ3) is 5.26. The fraction of sp³-hybridized carbons (Fsp3) is 0.304. The zero-order chi connectivity index (χ0) is 19.9. The quantitative estimate of drug-likeness (QED) is 0.578. The minimum atomic E-state index is -0.819. The van der Waals surface area contributed by atoms with Gasteiger partial charge in [-0.05, 0) is 49.1 Å². The first-order chi connectivity index (χ1) is 13.5. The molecular weight excluding hydrogens is 370 g/mol. The predicted molar refractivity (Wildman–Crippen MR) is 113 cm³/mol. The average molecular weight is 396 g/mol. The molecule has 2 aromatic carbocycles. The van der Waals surface area contributed by atoms with Gasteiger partial charge in [-0.2, -0.15) is 0 Å². The second-order valence-corrected chi connectivity index (χ2v) is 8.11. The van der Waals surface area contributed by atoms with Crippen LogP contribution in [0.5, 0.6) is 0 Å². The van der Waals surface area contributed by atoms with Crippen molar-refractivity contribution < 1.29 is 14.7 Å². The number of nitrogens with zero attached hydrogens (tertiary/aromatic N) is 1. The van der Waals surface area contributed by atoms with E-state index < -0.39 is 11.9 Å². The molecule has 1 saturated heterocycles. The smallest absolute Gasteiger partial charge is 0.308 e. The second-order valence-electron chi connectivity index (χ2n) is 7.06. The number of carbonyl (C=O) groups excluding carboxylic acids is 1. The molecule has 0 radical (unpaired) electrons. The van der Waals surface area contributed by atoms with Crippen LogP contribution in [0.25, 0.3) is 6.08 Å². The highest BCUT2D eigenvalue weighted by molar-refractivity contribution is 7.99. The molecule has 1 atom stereocenters. The normalized spacial score (nSPS) is 17.4. The summed E-state index contributed by atoms with van der Waals surface area (Å²) < 4.78 is 0. The largest absolute Gasteiger partial charge is 0.481 e. The van der Waals surface area contributed by atoms with Gasteiger partial charge in [0.15, 0.2) is 0 Å². The molecule has 0 aliphatic carbocycles. The molecule has 4 nitrogen and oxygen atoms in total. The van der Waals surface area contributed by atoms with Crippen molar-refractivity contribution in [1.82, 2.24) is 4.90 Å². The average Bonchev–Trinajstić information content (AvgIpc) is 2.72. The lowest BCUT2D eigenvalue weighted by molar-refractivity contribution is -0.145. The van der Waals surface area contributed by atoms with Crippen LogP contribution in [0.3, 0.4) is 0 Å². The van der Waals surface area contributed by atoms with Gasteiger partial charge in [0.1, 0.15) is 0 Å². The van der Waals surface area contributed by atoms with Crippen molar-refractivity contribution in [2.45, 2.75) is 24.7 Å². The molecule has 1 N–H and O–H groups in total. The number of aliphatic carboxylic acids is 1. The van der Waals surface area contributed by atoms with E-state index in [2.05, 4.69) is 0 Å². The third-order valence-corrected chi connectivity index (χ3v) is 6.05. The van der Waals surface area contributed by atoms with Gasteiger partial charge in [-0.25, -0.2) is 0 Å². The number of hydrogen-bond donors (Lipinski definition) is 1. The molecule has 0 aromatic heterocycles. The second kappa shape index (κ2) is 9.60. The van der Waals surface area contributed by atoms with Gasteiger partial charge in [0.2, 0.25) is 0 Å². The van der Waals surface area contributed by atoms with Crippen molar-refractivity contribution in [2.24, 2.45) is 5.92 Å². The molecule has 1 aliphatic rings. The van der Waals surface area contributed by atoms with Crippen molar-refractivity contribution in [3.8, 4) is 0 Å². The number of piperidine rings is 1. The van der Waals surface area contributed by atoms with Gasteiger partial charge in [0.05, 0.1) is 5.92 Å². The summed E-state index contributed by atoms with van der Waals surface area (Å²) in [6, 6.07) is 18.0. The zero-order valence-corrected chi connectivity index (χ0v) is 16.8.